The van der Waals surface area contributed by atoms with Crippen LogP contribution in [0.25, 0.3) is 10.9 Å². The maximum atomic E-state index is 13.0. The molecule has 2 aliphatic carbocycles. The normalized spacial score (nSPS) is 20.2. The largest absolute Gasteiger partial charge is 0.304 e. The van der Waals surface area contributed by atoms with Gasteiger partial charge in [-0.1, -0.05) is 11.6 Å². The van der Waals surface area contributed by atoms with Crippen LogP contribution in [0.5, 0.6) is 0 Å². The molecule has 9 heteroatoms. The molecule has 3 aliphatic rings. The molecule has 28 heavy (non-hydrogen) atoms. The van der Waals surface area contributed by atoms with E-state index in [4.69, 9.17) is 11.6 Å². The number of nitrogens with one attached hydrogen (secondary N) is 1. The number of amides is 1. The van der Waals surface area contributed by atoms with Gasteiger partial charge in [-0.3, -0.25) is 14.2 Å². The Morgan fingerprint density at radius 1 is 1.11 bits per heavy atom. The lowest BCUT2D eigenvalue weighted by Gasteiger charge is -2.27. The Morgan fingerprint density at radius 2 is 1.82 bits per heavy atom. The Balaban J connectivity index is 1.54. The highest BCUT2D eigenvalue weighted by Gasteiger charge is 2.39. The number of hydrogen-bond donors (Lipinski definition) is 1. The van der Waals surface area contributed by atoms with Crippen LogP contribution in [0.1, 0.15) is 41.7 Å². The first-order chi connectivity index (χ1) is 13.3. The monoisotopic (exact) mass is 421 g/mol. The number of nitrogens with zero attached hydrogens (tertiary/aromatic N) is 2. The molecule has 5 rings (SSSR count). The van der Waals surface area contributed by atoms with Crippen LogP contribution in [0.2, 0.25) is 5.02 Å². The summed E-state index contributed by atoms with van der Waals surface area (Å²) < 4.78 is 30.5. The topological polar surface area (TPSA) is 88.5 Å². The van der Waals surface area contributed by atoms with E-state index in [1.807, 2.05) is 12.1 Å². The molecule has 0 spiro atoms. The van der Waals surface area contributed by atoms with Crippen LogP contribution in [0.15, 0.2) is 18.2 Å². The quantitative estimate of drug-likeness (QED) is 0.821. The van der Waals surface area contributed by atoms with E-state index in [9.17, 15) is 18.0 Å². The van der Waals surface area contributed by atoms with Crippen LogP contribution in [0.4, 0.5) is 0 Å². The van der Waals surface area contributed by atoms with Gasteiger partial charge in [0.1, 0.15) is 0 Å². The Kier molecular flexibility index (Phi) is 4.08. The molecule has 148 valence electrons. The van der Waals surface area contributed by atoms with E-state index in [1.165, 1.54) is 4.31 Å². The number of aromatic nitrogens is 1. The molecule has 2 heterocycles. The first kappa shape index (κ1) is 18.1. The number of carbonyl (C=O) groups is 2. The molecule has 0 atom stereocenters. The van der Waals surface area contributed by atoms with Gasteiger partial charge in [0.05, 0.1) is 12.1 Å². The number of benzene rings is 1. The Morgan fingerprint density at radius 3 is 2.50 bits per heavy atom. The molecule has 1 amide bonds. The van der Waals surface area contributed by atoms with Gasteiger partial charge in [0.15, 0.2) is 0 Å². The van der Waals surface area contributed by atoms with Crippen molar-refractivity contribution in [3.8, 4) is 0 Å². The van der Waals surface area contributed by atoms with E-state index >= 15 is 0 Å². The van der Waals surface area contributed by atoms with E-state index in [2.05, 4.69) is 4.72 Å². The maximum Gasteiger partial charge on any atom is 0.304 e. The van der Waals surface area contributed by atoms with Gasteiger partial charge in [0.25, 0.3) is 0 Å². The minimum absolute atomic E-state index is 0.00284. The number of carbonyl (C=O) groups excluding carboxylic acids is 2. The molecule has 2 aromatic rings. The van der Waals surface area contributed by atoms with Crippen molar-refractivity contribution in [3.05, 3.63) is 34.5 Å². The number of hydrogen-bond acceptors (Lipinski definition) is 4. The second-order valence-electron chi connectivity index (χ2n) is 7.86. The highest BCUT2D eigenvalue weighted by molar-refractivity contribution is 7.87. The third-order valence-electron chi connectivity index (χ3n) is 5.74. The fraction of sp³-hybridized carbons (Fsp3) is 0.474. The number of fused-ring (bicyclic) bond motifs is 3. The number of halogens is 1. The van der Waals surface area contributed by atoms with Crippen molar-refractivity contribution in [2.24, 2.45) is 11.8 Å². The van der Waals surface area contributed by atoms with Crippen molar-refractivity contribution < 1.29 is 18.0 Å². The van der Waals surface area contributed by atoms with Gasteiger partial charge in [-0.25, -0.2) is 4.72 Å². The predicted molar refractivity (Wildman–Crippen MR) is 104 cm³/mol. The van der Waals surface area contributed by atoms with Gasteiger partial charge in [-0.05, 0) is 55.9 Å². The van der Waals surface area contributed by atoms with Gasteiger partial charge in [0.2, 0.25) is 11.8 Å². The summed E-state index contributed by atoms with van der Waals surface area (Å²) in [6.45, 7) is 0.316. The fourth-order valence-electron chi connectivity index (χ4n) is 3.90. The fourth-order valence-corrected chi connectivity index (χ4v) is 5.24. The van der Waals surface area contributed by atoms with E-state index in [0.717, 1.165) is 42.1 Å². The molecule has 0 bridgehead atoms. The van der Waals surface area contributed by atoms with Gasteiger partial charge < -0.3 is 0 Å². The second-order valence-corrected chi connectivity index (χ2v) is 9.97. The molecule has 1 aromatic heterocycles. The molecule has 0 saturated heterocycles. The summed E-state index contributed by atoms with van der Waals surface area (Å²) in [5, 5.41) is 1.48. The summed E-state index contributed by atoms with van der Waals surface area (Å²) in [4.78, 5) is 24.9. The van der Waals surface area contributed by atoms with Crippen molar-refractivity contribution in [1.82, 2.24) is 13.6 Å². The minimum atomic E-state index is -3.94. The van der Waals surface area contributed by atoms with E-state index in [-0.39, 0.29) is 30.8 Å². The van der Waals surface area contributed by atoms with Crippen LogP contribution in [-0.2, 0) is 28.0 Å². The second kappa shape index (κ2) is 6.30. The van der Waals surface area contributed by atoms with Crippen LogP contribution in [0, 0.1) is 11.8 Å². The van der Waals surface area contributed by atoms with Crippen molar-refractivity contribution in [2.75, 3.05) is 6.54 Å². The van der Waals surface area contributed by atoms with Crippen LogP contribution in [-0.4, -0.2) is 35.6 Å². The average molecular weight is 422 g/mol. The molecule has 1 aliphatic heterocycles. The summed E-state index contributed by atoms with van der Waals surface area (Å²) in [6, 6.07) is 5.41. The Bertz CT molecular complexity index is 1120. The van der Waals surface area contributed by atoms with Crippen molar-refractivity contribution in [2.45, 2.75) is 38.6 Å². The lowest BCUT2D eigenvalue weighted by molar-refractivity contribution is -0.120. The summed E-state index contributed by atoms with van der Waals surface area (Å²) >= 11 is 6.17. The zero-order valence-electron chi connectivity index (χ0n) is 15.2. The summed E-state index contributed by atoms with van der Waals surface area (Å²) in [5.41, 5.74) is 2.42. The molecule has 0 radical (unpaired) electrons. The highest BCUT2D eigenvalue weighted by atomic mass is 35.5. The van der Waals surface area contributed by atoms with Crippen LogP contribution in [0.3, 0.4) is 0 Å². The zero-order chi connectivity index (χ0) is 19.6. The first-order valence-electron chi connectivity index (χ1n) is 9.53. The van der Waals surface area contributed by atoms with E-state index < -0.39 is 16.1 Å². The van der Waals surface area contributed by atoms with Crippen LogP contribution < -0.4 is 4.72 Å². The molecule has 1 N–H and O–H groups in total. The van der Waals surface area contributed by atoms with Crippen molar-refractivity contribution in [3.63, 3.8) is 0 Å². The minimum Gasteiger partial charge on any atom is -0.282 e. The van der Waals surface area contributed by atoms with Gasteiger partial charge in [-0.15, -0.1) is 0 Å². The summed E-state index contributed by atoms with van der Waals surface area (Å²) in [6.07, 6.45) is 3.66. The molecule has 1 aromatic carbocycles. The van der Waals surface area contributed by atoms with Gasteiger partial charge in [-0.2, -0.15) is 12.7 Å². The summed E-state index contributed by atoms with van der Waals surface area (Å²) in [7, 11) is -3.94. The number of rotatable bonds is 4. The van der Waals surface area contributed by atoms with E-state index in [0.29, 0.717) is 17.1 Å². The van der Waals surface area contributed by atoms with Crippen molar-refractivity contribution >= 4 is 44.5 Å². The van der Waals surface area contributed by atoms with E-state index in [1.54, 1.807) is 10.6 Å². The standard InChI is InChI=1S/C19H20ClN3O4S/c20-13-5-6-16-15(9-13)14-7-8-22(28(26,27)21-18(24)11-1-2-11)10-17(14)23(16)19(25)12-3-4-12/h5-6,9,11-12H,1-4,7-8,10H2,(H,21,24). The summed E-state index contributed by atoms with van der Waals surface area (Å²) in [5.74, 6) is -0.626. The third-order valence-corrected chi connectivity index (χ3v) is 7.43. The zero-order valence-corrected chi connectivity index (χ0v) is 16.7. The Hall–Kier alpha value is -1.90. The molecule has 2 saturated carbocycles. The first-order valence-corrected chi connectivity index (χ1v) is 11.3. The molecular formula is C19H20ClN3O4S. The molecule has 7 nitrogen and oxygen atoms in total. The maximum absolute atomic E-state index is 13.0. The average Bonchev–Trinajstić information content (AvgIpc) is 3.54. The molecular weight excluding hydrogens is 402 g/mol. The molecule has 2 fully saturated rings. The highest BCUT2D eigenvalue weighted by Crippen LogP contribution is 2.38. The van der Waals surface area contributed by atoms with Gasteiger partial charge in [0, 0.05) is 34.5 Å². The molecule has 0 unspecified atom stereocenters. The van der Waals surface area contributed by atoms with Gasteiger partial charge >= 0.3 is 10.2 Å². The lowest BCUT2D eigenvalue weighted by atomic mass is 10.0. The smallest absolute Gasteiger partial charge is 0.282 e. The Labute approximate surface area is 167 Å². The predicted octanol–water partition coefficient (Wildman–Crippen LogP) is 2.47. The third kappa shape index (κ3) is 3.03. The van der Waals surface area contributed by atoms with Crippen molar-refractivity contribution in [1.29, 1.82) is 0 Å². The van der Waals surface area contributed by atoms with Crippen LogP contribution >= 0.6 is 11.6 Å². The SMILES string of the molecule is O=C(NS(=O)(=O)N1CCc2c(n(C(=O)C3CC3)c3ccc(Cl)cc23)C1)C1CC1. The lowest BCUT2D eigenvalue weighted by Crippen LogP contribution is -2.46.